The smallest absolute Gasteiger partial charge is 0.0472 e. The number of nitrogens with two attached hydrogens (primary N) is 1. The lowest BCUT2D eigenvalue weighted by molar-refractivity contribution is 0.195. The maximum absolute atomic E-state index is 5.77. The van der Waals surface area contributed by atoms with Crippen molar-refractivity contribution in [3.05, 3.63) is 23.8 Å². The molecule has 1 aromatic carbocycles. The summed E-state index contributed by atoms with van der Waals surface area (Å²) in [6.07, 6.45) is 1.07. The summed E-state index contributed by atoms with van der Waals surface area (Å²) >= 11 is 1.87. The SMILES string of the molecule is COCCC(C)Sc1ccc(N)c(C)c1. The molecule has 1 aromatic rings. The number of hydrogen-bond donors (Lipinski definition) is 1. The van der Waals surface area contributed by atoms with Crippen LogP contribution < -0.4 is 5.73 Å². The Bertz CT molecular complexity index is 314. The highest BCUT2D eigenvalue weighted by Gasteiger charge is 2.05. The number of aryl methyl sites for hydroxylation is 1. The van der Waals surface area contributed by atoms with Crippen LogP contribution in [0.15, 0.2) is 23.1 Å². The molecule has 0 spiro atoms. The van der Waals surface area contributed by atoms with Gasteiger partial charge in [-0.3, -0.25) is 0 Å². The van der Waals surface area contributed by atoms with Gasteiger partial charge in [0.25, 0.3) is 0 Å². The molecule has 0 fully saturated rings. The van der Waals surface area contributed by atoms with Crippen LogP contribution in [0.3, 0.4) is 0 Å². The third-order valence-corrected chi connectivity index (χ3v) is 3.47. The van der Waals surface area contributed by atoms with Crippen molar-refractivity contribution in [3.8, 4) is 0 Å². The molecule has 0 aliphatic rings. The minimum absolute atomic E-state index is 0.577. The van der Waals surface area contributed by atoms with Gasteiger partial charge >= 0.3 is 0 Å². The van der Waals surface area contributed by atoms with Gasteiger partial charge in [-0.15, -0.1) is 11.8 Å². The topological polar surface area (TPSA) is 35.2 Å². The average Bonchev–Trinajstić information content (AvgIpc) is 2.20. The molecule has 2 N–H and O–H groups in total. The lowest BCUT2D eigenvalue weighted by atomic mass is 10.2. The normalized spacial score (nSPS) is 12.7. The molecular formula is C12H19NOS. The maximum Gasteiger partial charge on any atom is 0.0472 e. The summed E-state index contributed by atoms with van der Waals surface area (Å²) in [4.78, 5) is 1.28. The highest BCUT2D eigenvalue weighted by molar-refractivity contribution is 7.99. The van der Waals surface area contributed by atoms with E-state index in [0.717, 1.165) is 24.3 Å². The van der Waals surface area contributed by atoms with Crippen LogP contribution in [0.5, 0.6) is 0 Å². The summed E-state index contributed by atoms with van der Waals surface area (Å²) in [7, 11) is 1.74. The predicted octanol–water partition coefficient (Wildman–Crippen LogP) is 3.09. The van der Waals surface area contributed by atoms with Crippen LogP contribution in [0.4, 0.5) is 5.69 Å². The number of anilines is 1. The van der Waals surface area contributed by atoms with Gasteiger partial charge in [0, 0.05) is 29.5 Å². The lowest BCUT2D eigenvalue weighted by Crippen LogP contribution is -2.01. The fraction of sp³-hybridized carbons (Fsp3) is 0.500. The lowest BCUT2D eigenvalue weighted by Gasteiger charge is -2.11. The quantitative estimate of drug-likeness (QED) is 0.618. The number of nitrogen functional groups attached to an aromatic ring is 1. The third kappa shape index (κ3) is 4.14. The van der Waals surface area contributed by atoms with Crippen LogP contribution in [0.25, 0.3) is 0 Å². The van der Waals surface area contributed by atoms with E-state index in [1.807, 2.05) is 24.8 Å². The molecule has 0 radical (unpaired) electrons. The van der Waals surface area contributed by atoms with E-state index < -0.39 is 0 Å². The van der Waals surface area contributed by atoms with Crippen molar-refractivity contribution < 1.29 is 4.74 Å². The molecule has 0 bridgehead atoms. The minimum atomic E-state index is 0.577. The van der Waals surface area contributed by atoms with Crippen molar-refractivity contribution in [2.45, 2.75) is 30.4 Å². The van der Waals surface area contributed by atoms with Crippen LogP contribution >= 0.6 is 11.8 Å². The van der Waals surface area contributed by atoms with Crippen LogP contribution in [0, 0.1) is 6.92 Å². The van der Waals surface area contributed by atoms with Crippen molar-refractivity contribution in [2.75, 3.05) is 19.5 Å². The molecule has 1 atom stereocenters. The number of thioether (sulfide) groups is 1. The predicted molar refractivity (Wildman–Crippen MR) is 67.4 cm³/mol. The molecule has 0 aliphatic carbocycles. The standard InChI is InChI=1S/C12H19NOS/c1-9-8-11(4-5-12(9)13)15-10(2)6-7-14-3/h4-5,8,10H,6-7,13H2,1-3H3. The van der Waals surface area contributed by atoms with E-state index in [4.69, 9.17) is 10.5 Å². The first-order valence-corrected chi connectivity index (χ1v) is 6.03. The summed E-state index contributed by atoms with van der Waals surface area (Å²) in [6, 6.07) is 6.19. The Labute approximate surface area is 96.2 Å². The number of ether oxygens (including phenoxy) is 1. The van der Waals surface area contributed by atoms with Crippen LogP contribution in [-0.2, 0) is 4.74 Å². The Hall–Kier alpha value is -0.670. The second kappa shape index (κ2) is 6.03. The van der Waals surface area contributed by atoms with E-state index in [2.05, 4.69) is 19.1 Å². The van der Waals surface area contributed by atoms with Gasteiger partial charge in [-0.1, -0.05) is 6.92 Å². The molecule has 2 nitrogen and oxygen atoms in total. The zero-order chi connectivity index (χ0) is 11.3. The van der Waals surface area contributed by atoms with E-state index in [0.29, 0.717) is 5.25 Å². The molecule has 1 rings (SSSR count). The van der Waals surface area contributed by atoms with E-state index in [9.17, 15) is 0 Å². The third-order valence-electron chi connectivity index (χ3n) is 2.31. The monoisotopic (exact) mass is 225 g/mol. The molecule has 0 saturated carbocycles. The Morgan fingerprint density at radius 1 is 1.47 bits per heavy atom. The first kappa shape index (κ1) is 12.4. The van der Waals surface area contributed by atoms with Gasteiger partial charge in [0.2, 0.25) is 0 Å². The van der Waals surface area contributed by atoms with Crippen LogP contribution in [-0.4, -0.2) is 19.0 Å². The first-order valence-electron chi connectivity index (χ1n) is 5.15. The minimum Gasteiger partial charge on any atom is -0.399 e. The molecule has 1 unspecified atom stereocenters. The number of methoxy groups -OCH3 is 1. The molecule has 0 aromatic heterocycles. The Morgan fingerprint density at radius 2 is 2.20 bits per heavy atom. The van der Waals surface area contributed by atoms with Crippen molar-refractivity contribution in [2.24, 2.45) is 0 Å². The largest absolute Gasteiger partial charge is 0.399 e. The molecule has 0 heterocycles. The van der Waals surface area contributed by atoms with Gasteiger partial charge in [0.05, 0.1) is 0 Å². The molecular weight excluding hydrogens is 206 g/mol. The molecule has 3 heteroatoms. The van der Waals surface area contributed by atoms with Gasteiger partial charge in [0.1, 0.15) is 0 Å². The Kier molecular flexibility index (Phi) is 4.99. The van der Waals surface area contributed by atoms with E-state index >= 15 is 0 Å². The van der Waals surface area contributed by atoms with Crippen molar-refractivity contribution in [1.82, 2.24) is 0 Å². The van der Waals surface area contributed by atoms with Crippen molar-refractivity contribution in [1.29, 1.82) is 0 Å². The van der Waals surface area contributed by atoms with Crippen LogP contribution in [0.2, 0.25) is 0 Å². The summed E-state index contributed by atoms with van der Waals surface area (Å²) in [5, 5.41) is 0.577. The second-order valence-electron chi connectivity index (χ2n) is 3.73. The molecule has 15 heavy (non-hydrogen) atoms. The zero-order valence-corrected chi connectivity index (χ0v) is 10.4. The Balaban J connectivity index is 2.53. The molecule has 84 valence electrons. The summed E-state index contributed by atoms with van der Waals surface area (Å²) in [5.41, 5.74) is 7.79. The summed E-state index contributed by atoms with van der Waals surface area (Å²) in [5.74, 6) is 0. The van der Waals surface area contributed by atoms with E-state index in [1.165, 1.54) is 4.90 Å². The van der Waals surface area contributed by atoms with Gasteiger partial charge in [-0.25, -0.2) is 0 Å². The van der Waals surface area contributed by atoms with E-state index in [-0.39, 0.29) is 0 Å². The summed E-state index contributed by atoms with van der Waals surface area (Å²) in [6.45, 7) is 5.08. The number of hydrogen-bond acceptors (Lipinski definition) is 3. The highest BCUT2D eigenvalue weighted by atomic mass is 32.2. The first-order chi connectivity index (χ1) is 7.13. The van der Waals surface area contributed by atoms with Gasteiger partial charge < -0.3 is 10.5 Å². The molecule has 0 saturated heterocycles. The number of rotatable bonds is 5. The fourth-order valence-corrected chi connectivity index (χ4v) is 2.37. The van der Waals surface area contributed by atoms with Crippen LogP contribution in [0.1, 0.15) is 18.9 Å². The van der Waals surface area contributed by atoms with Gasteiger partial charge in [-0.05, 0) is 37.1 Å². The summed E-state index contributed by atoms with van der Waals surface area (Å²) < 4.78 is 5.06. The molecule has 0 aliphatic heterocycles. The fourth-order valence-electron chi connectivity index (χ4n) is 1.30. The number of benzene rings is 1. The molecule has 0 amide bonds. The Morgan fingerprint density at radius 3 is 2.80 bits per heavy atom. The maximum atomic E-state index is 5.77. The second-order valence-corrected chi connectivity index (χ2v) is 5.24. The average molecular weight is 225 g/mol. The van der Waals surface area contributed by atoms with Crippen molar-refractivity contribution >= 4 is 17.4 Å². The van der Waals surface area contributed by atoms with Gasteiger partial charge in [0.15, 0.2) is 0 Å². The van der Waals surface area contributed by atoms with Crippen molar-refractivity contribution in [3.63, 3.8) is 0 Å². The van der Waals surface area contributed by atoms with E-state index in [1.54, 1.807) is 7.11 Å². The zero-order valence-electron chi connectivity index (χ0n) is 9.62. The van der Waals surface area contributed by atoms with Gasteiger partial charge in [-0.2, -0.15) is 0 Å². The highest BCUT2D eigenvalue weighted by Crippen LogP contribution is 2.27.